The number of aryl methyl sites for hydroxylation is 1. The summed E-state index contributed by atoms with van der Waals surface area (Å²) >= 11 is 6.04. The zero-order valence-corrected chi connectivity index (χ0v) is 28.5. The van der Waals surface area contributed by atoms with Crippen LogP contribution in [0.5, 0.6) is 0 Å². The average molecular weight is 634 g/mol. The fourth-order valence-electron chi connectivity index (χ4n) is 6.55. The Morgan fingerprint density at radius 2 is 1.65 bits per heavy atom. The number of nitrogens with one attached hydrogen (secondary N) is 2. The molecule has 46 heavy (non-hydrogen) atoms. The van der Waals surface area contributed by atoms with Gasteiger partial charge in [-0.15, -0.1) is 0 Å². The first kappa shape index (κ1) is 33.3. The molecule has 3 aromatic carbocycles. The largest absolute Gasteiger partial charge is 0.385 e. The molecule has 3 aromatic rings. The molecule has 2 aliphatic rings. The van der Waals surface area contributed by atoms with Crippen LogP contribution in [0, 0.1) is 5.92 Å². The van der Waals surface area contributed by atoms with Gasteiger partial charge in [0.2, 0.25) is 0 Å². The molecule has 1 atom stereocenters. The topological polar surface area (TPSA) is 42.9 Å². The summed E-state index contributed by atoms with van der Waals surface area (Å²) in [4.78, 5) is 4.76. The number of hydrogen-bond acceptors (Lipinski definition) is 5. The fraction of sp³-hybridized carbons (Fsp3) is 0.325. The molecule has 0 amide bonds. The van der Waals surface area contributed by atoms with Crippen LogP contribution in [0.4, 0.5) is 0 Å². The van der Waals surface area contributed by atoms with E-state index in [0.717, 1.165) is 72.7 Å². The number of halogens is 1. The van der Waals surface area contributed by atoms with Crippen molar-refractivity contribution in [1.29, 1.82) is 0 Å². The first-order valence-corrected chi connectivity index (χ1v) is 16.8. The van der Waals surface area contributed by atoms with Crippen molar-refractivity contribution in [2.24, 2.45) is 11.0 Å². The van der Waals surface area contributed by atoms with Crippen molar-refractivity contribution in [2.45, 2.75) is 45.7 Å². The third-order valence-electron chi connectivity index (χ3n) is 9.32. The zero-order chi connectivity index (χ0) is 32.6. The van der Waals surface area contributed by atoms with Gasteiger partial charge in [-0.05, 0) is 79.3 Å². The van der Waals surface area contributed by atoms with Crippen molar-refractivity contribution in [3.63, 3.8) is 0 Å². The number of benzene rings is 3. The maximum atomic E-state index is 6.04. The highest BCUT2D eigenvalue weighted by molar-refractivity contribution is 6.68. The minimum Gasteiger partial charge on any atom is -0.385 e. The van der Waals surface area contributed by atoms with E-state index in [-0.39, 0.29) is 6.17 Å². The lowest BCUT2D eigenvalue weighted by molar-refractivity contribution is 0.0999. The molecule has 0 aliphatic carbocycles. The molecule has 1 saturated heterocycles. The van der Waals surface area contributed by atoms with Gasteiger partial charge in [0, 0.05) is 61.0 Å². The smallest absolute Gasteiger partial charge is 0.148 e. The number of nitrogens with zero attached hydrogens (tertiary/aromatic N) is 3. The van der Waals surface area contributed by atoms with Crippen LogP contribution in [0.2, 0.25) is 0 Å². The molecule has 5 rings (SSSR count). The minimum absolute atomic E-state index is 0.103. The fourth-order valence-corrected chi connectivity index (χ4v) is 6.67. The maximum absolute atomic E-state index is 6.04. The van der Waals surface area contributed by atoms with Gasteiger partial charge in [0.15, 0.2) is 0 Å². The SMILES string of the molecule is C=C(C)/C(=C(/C)N(C)C1C=CC(Cl)=NN1)c1ccc(CC)cc1C(=C)NCC1CN(CCC(c2ccccc2)c2ccccc2)C1. The van der Waals surface area contributed by atoms with Gasteiger partial charge in [0.05, 0.1) is 0 Å². The van der Waals surface area contributed by atoms with Crippen LogP contribution in [0.15, 0.2) is 121 Å². The molecule has 0 bridgehead atoms. The summed E-state index contributed by atoms with van der Waals surface area (Å²) in [6, 6.07) is 28.6. The van der Waals surface area contributed by atoms with Crippen LogP contribution in [0.1, 0.15) is 60.9 Å². The van der Waals surface area contributed by atoms with Crippen molar-refractivity contribution in [1.82, 2.24) is 20.5 Å². The van der Waals surface area contributed by atoms with Gasteiger partial charge in [0.1, 0.15) is 11.3 Å². The Morgan fingerprint density at radius 3 is 2.22 bits per heavy atom. The van der Waals surface area contributed by atoms with Gasteiger partial charge in [-0.3, -0.25) is 5.43 Å². The summed E-state index contributed by atoms with van der Waals surface area (Å²) < 4.78 is 0. The highest BCUT2D eigenvalue weighted by Gasteiger charge is 2.28. The summed E-state index contributed by atoms with van der Waals surface area (Å²) in [5.74, 6) is 1.01. The monoisotopic (exact) mass is 633 g/mol. The summed E-state index contributed by atoms with van der Waals surface area (Å²) in [6.07, 6.45) is 5.82. The standard InChI is InChI=1S/C40H48ClN5/c1-7-31-18-19-36(40(28(2)3)30(5)45(6)39-21-20-38(41)43-44-39)37(24-31)29(4)42-25-32-26-46(27-32)23-22-35(33-14-10-8-11-15-33)34-16-12-9-13-17-34/h8-21,24,32,35,39,42,44H,2,4,7,22-23,25-27H2,1,3,5-6H3/b40-30+. The molecule has 2 heterocycles. The van der Waals surface area contributed by atoms with Crippen LogP contribution in [-0.2, 0) is 6.42 Å². The highest BCUT2D eigenvalue weighted by atomic mass is 35.5. The van der Waals surface area contributed by atoms with Crippen LogP contribution >= 0.6 is 11.6 Å². The number of likely N-dealkylation sites (tertiary alicyclic amines) is 1. The summed E-state index contributed by atoms with van der Waals surface area (Å²) in [6.45, 7) is 19.5. The second-order valence-corrected chi connectivity index (χ2v) is 13.0. The van der Waals surface area contributed by atoms with Crippen LogP contribution in [-0.4, -0.2) is 54.4 Å². The molecule has 1 unspecified atom stereocenters. The number of hydrazone groups is 1. The van der Waals surface area contributed by atoms with Crippen LogP contribution in [0.25, 0.3) is 11.3 Å². The van der Waals surface area contributed by atoms with E-state index in [0.29, 0.717) is 17.0 Å². The van der Waals surface area contributed by atoms with E-state index in [1.54, 1.807) is 0 Å². The maximum Gasteiger partial charge on any atom is 0.148 e. The molecular formula is C40H48ClN5. The number of hydrogen-bond donors (Lipinski definition) is 2. The van der Waals surface area contributed by atoms with Crippen molar-refractivity contribution < 1.29 is 0 Å². The minimum atomic E-state index is -0.103. The zero-order valence-electron chi connectivity index (χ0n) is 27.8. The summed E-state index contributed by atoms with van der Waals surface area (Å²) in [5.41, 5.74) is 13.6. The third-order valence-corrected chi connectivity index (χ3v) is 9.53. The van der Waals surface area contributed by atoms with Gasteiger partial charge in [-0.2, -0.15) is 5.10 Å². The van der Waals surface area contributed by atoms with Gasteiger partial charge in [0.25, 0.3) is 0 Å². The van der Waals surface area contributed by atoms with Crippen LogP contribution in [0.3, 0.4) is 0 Å². The van der Waals surface area contributed by atoms with E-state index in [1.165, 1.54) is 16.7 Å². The predicted molar refractivity (Wildman–Crippen MR) is 197 cm³/mol. The van der Waals surface area contributed by atoms with Crippen molar-refractivity contribution >= 4 is 28.0 Å². The first-order valence-electron chi connectivity index (χ1n) is 16.4. The van der Waals surface area contributed by atoms with Crippen molar-refractivity contribution in [3.05, 3.63) is 143 Å². The molecule has 5 nitrogen and oxygen atoms in total. The first-order chi connectivity index (χ1) is 22.2. The second-order valence-electron chi connectivity index (χ2n) is 12.6. The number of allylic oxidation sites excluding steroid dienone is 4. The molecule has 2 N–H and O–H groups in total. The average Bonchev–Trinajstić information content (AvgIpc) is 3.06. The Morgan fingerprint density at radius 1 is 1.00 bits per heavy atom. The lowest BCUT2D eigenvalue weighted by Crippen LogP contribution is -2.50. The molecule has 0 radical (unpaired) electrons. The second kappa shape index (κ2) is 15.5. The van der Waals surface area contributed by atoms with E-state index in [2.05, 4.69) is 145 Å². The van der Waals surface area contributed by atoms with E-state index in [4.69, 9.17) is 11.6 Å². The molecule has 2 aliphatic heterocycles. The Kier molecular flexibility index (Phi) is 11.2. The molecule has 0 aromatic heterocycles. The molecular weight excluding hydrogens is 586 g/mol. The van der Waals surface area contributed by atoms with E-state index >= 15 is 0 Å². The van der Waals surface area contributed by atoms with Gasteiger partial charge in [-0.25, -0.2) is 0 Å². The van der Waals surface area contributed by atoms with Gasteiger partial charge < -0.3 is 15.1 Å². The van der Waals surface area contributed by atoms with Crippen molar-refractivity contribution in [2.75, 3.05) is 33.2 Å². The number of rotatable bonds is 14. The molecule has 0 spiro atoms. The Balaban J connectivity index is 1.23. The predicted octanol–water partition coefficient (Wildman–Crippen LogP) is 8.24. The third kappa shape index (κ3) is 8.01. The van der Waals surface area contributed by atoms with E-state index < -0.39 is 0 Å². The Bertz CT molecular complexity index is 1560. The van der Waals surface area contributed by atoms with Gasteiger partial charge >= 0.3 is 0 Å². The lowest BCUT2D eigenvalue weighted by atomic mass is 9.87. The molecule has 0 saturated carbocycles. The summed E-state index contributed by atoms with van der Waals surface area (Å²) in [7, 11) is 2.06. The normalized spacial score (nSPS) is 17.1. The molecule has 6 heteroatoms. The van der Waals surface area contributed by atoms with E-state index in [1.807, 2.05) is 12.2 Å². The summed E-state index contributed by atoms with van der Waals surface area (Å²) in [5, 5.41) is 8.36. The van der Waals surface area contributed by atoms with Crippen molar-refractivity contribution in [3.8, 4) is 0 Å². The number of likely N-dealkylation sites (N-methyl/N-ethyl adjacent to an activating group) is 1. The van der Waals surface area contributed by atoms with Gasteiger partial charge in [-0.1, -0.05) is 104 Å². The van der Waals surface area contributed by atoms with Crippen LogP contribution < -0.4 is 10.7 Å². The Hall–Kier alpha value is -4.06. The van der Waals surface area contributed by atoms with E-state index in [9.17, 15) is 0 Å². The molecule has 240 valence electrons. The quantitative estimate of drug-likeness (QED) is 0.176. The lowest BCUT2D eigenvalue weighted by Gasteiger charge is -2.40. The highest BCUT2D eigenvalue weighted by Crippen LogP contribution is 2.34. The Labute approximate surface area is 281 Å². The molecule has 1 fully saturated rings.